The molecule has 1 aliphatic heterocycles. The van der Waals surface area contributed by atoms with Gasteiger partial charge in [0.25, 0.3) is 11.8 Å². The molecule has 34 heavy (non-hydrogen) atoms. The van der Waals surface area contributed by atoms with Crippen LogP contribution in [0.4, 0.5) is 10.5 Å². The van der Waals surface area contributed by atoms with Gasteiger partial charge in [-0.05, 0) is 67.4 Å². The minimum atomic E-state index is -0.800. The highest BCUT2D eigenvalue weighted by Gasteiger charge is 2.36. The van der Waals surface area contributed by atoms with Crippen molar-refractivity contribution in [3.8, 4) is 11.5 Å². The summed E-state index contributed by atoms with van der Waals surface area (Å²) in [7, 11) is 0. The summed E-state index contributed by atoms with van der Waals surface area (Å²) in [4.78, 5) is 38.9. The van der Waals surface area contributed by atoms with E-state index in [0.29, 0.717) is 36.0 Å². The van der Waals surface area contributed by atoms with Gasteiger partial charge in [-0.1, -0.05) is 42.0 Å². The number of ether oxygens (including phenoxy) is 2. The second-order valence-corrected chi connectivity index (χ2v) is 7.73. The molecule has 3 aromatic rings. The summed E-state index contributed by atoms with van der Waals surface area (Å²) in [5.41, 5.74) is 2.98. The van der Waals surface area contributed by atoms with Crippen LogP contribution >= 0.6 is 0 Å². The Bertz CT molecular complexity index is 1250. The molecule has 7 nitrogen and oxygen atoms in total. The Morgan fingerprint density at radius 3 is 2.32 bits per heavy atom. The summed E-state index contributed by atoms with van der Waals surface area (Å²) >= 11 is 0. The van der Waals surface area contributed by atoms with Crippen LogP contribution in [0, 0.1) is 6.92 Å². The van der Waals surface area contributed by atoms with Gasteiger partial charge in [0.15, 0.2) is 0 Å². The number of hydrogen-bond donors (Lipinski definition) is 1. The van der Waals surface area contributed by atoms with Crippen LogP contribution in [-0.4, -0.2) is 24.5 Å². The minimum absolute atomic E-state index is 0.149. The number of barbiturate groups is 1. The zero-order valence-electron chi connectivity index (χ0n) is 18.9. The molecule has 0 unspecified atom stereocenters. The van der Waals surface area contributed by atoms with E-state index in [1.165, 1.54) is 11.6 Å². The van der Waals surface area contributed by atoms with Gasteiger partial charge in [0.2, 0.25) is 0 Å². The molecule has 1 fully saturated rings. The van der Waals surface area contributed by atoms with Gasteiger partial charge in [0.05, 0.1) is 12.3 Å². The van der Waals surface area contributed by atoms with E-state index < -0.39 is 17.8 Å². The lowest BCUT2D eigenvalue weighted by molar-refractivity contribution is -0.122. The Hall–Kier alpha value is -4.39. The van der Waals surface area contributed by atoms with Gasteiger partial charge >= 0.3 is 6.03 Å². The smallest absolute Gasteiger partial charge is 0.335 e. The van der Waals surface area contributed by atoms with E-state index >= 15 is 0 Å². The molecule has 4 rings (SSSR count). The molecule has 0 aromatic heterocycles. The average Bonchev–Trinajstić information content (AvgIpc) is 2.83. The van der Waals surface area contributed by atoms with E-state index in [1.807, 2.05) is 38.1 Å². The number of anilines is 1. The highest BCUT2D eigenvalue weighted by atomic mass is 16.5. The predicted molar refractivity (Wildman–Crippen MR) is 129 cm³/mol. The number of carbonyl (C=O) groups is 3. The number of imide groups is 2. The van der Waals surface area contributed by atoms with Gasteiger partial charge in [-0.2, -0.15) is 0 Å². The fourth-order valence-corrected chi connectivity index (χ4v) is 3.46. The van der Waals surface area contributed by atoms with Crippen LogP contribution in [-0.2, 0) is 16.2 Å². The summed E-state index contributed by atoms with van der Waals surface area (Å²) in [6.07, 6.45) is 1.45. The normalized spacial score (nSPS) is 14.8. The van der Waals surface area contributed by atoms with Gasteiger partial charge in [0, 0.05) is 0 Å². The summed E-state index contributed by atoms with van der Waals surface area (Å²) in [5.74, 6) is -0.240. The molecule has 1 aliphatic rings. The van der Waals surface area contributed by atoms with Crippen LogP contribution in [0.5, 0.6) is 11.5 Å². The van der Waals surface area contributed by atoms with Gasteiger partial charge in [-0.15, -0.1) is 0 Å². The predicted octanol–water partition coefficient (Wildman–Crippen LogP) is 4.64. The number of aryl methyl sites for hydroxylation is 1. The number of amides is 4. The fraction of sp³-hybridized carbons (Fsp3) is 0.148. The first-order chi connectivity index (χ1) is 16.4. The van der Waals surface area contributed by atoms with Crippen molar-refractivity contribution >= 4 is 29.6 Å². The second-order valence-electron chi connectivity index (χ2n) is 7.73. The maximum Gasteiger partial charge on any atom is 0.335 e. The van der Waals surface area contributed by atoms with Crippen molar-refractivity contribution < 1.29 is 23.9 Å². The monoisotopic (exact) mass is 456 g/mol. The van der Waals surface area contributed by atoms with Crippen LogP contribution < -0.4 is 19.7 Å². The molecule has 4 amide bonds. The lowest BCUT2D eigenvalue weighted by atomic mass is 10.1. The van der Waals surface area contributed by atoms with Crippen molar-refractivity contribution in [3.63, 3.8) is 0 Å². The van der Waals surface area contributed by atoms with E-state index in [4.69, 9.17) is 9.47 Å². The number of urea groups is 1. The first-order valence-electron chi connectivity index (χ1n) is 10.9. The summed E-state index contributed by atoms with van der Waals surface area (Å²) in [5, 5.41) is 2.23. The van der Waals surface area contributed by atoms with Crippen LogP contribution in [0.25, 0.3) is 6.08 Å². The summed E-state index contributed by atoms with van der Waals surface area (Å²) in [6, 6.07) is 20.8. The van der Waals surface area contributed by atoms with Gasteiger partial charge in [-0.25, -0.2) is 9.69 Å². The van der Waals surface area contributed by atoms with E-state index in [1.54, 1.807) is 48.5 Å². The van der Waals surface area contributed by atoms with Crippen LogP contribution in [0.1, 0.15) is 23.6 Å². The highest BCUT2D eigenvalue weighted by molar-refractivity contribution is 6.39. The minimum Gasteiger partial charge on any atom is -0.494 e. The number of hydrogen-bond acceptors (Lipinski definition) is 5. The fourth-order valence-electron chi connectivity index (χ4n) is 3.46. The average molecular weight is 456 g/mol. The van der Waals surface area contributed by atoms with Crippen molar-refractivity contribution in [3.05, 3.63) is 95.1 Å². The molecule has 0 radical (unpaired) electrons. The highest BCUT2D eigenvalue weighted by Crippen LogP contribution is 2.25. The number of nitrogens with zero attached hydrogens (tertiary/aromatic N) is 1. The molecule has 1 N–H and O–H groups in total. The zero-order chi connectivity index (χ0) is 24.1. The molecule has 0 atom stereocenters. The Labute approximate surface area is 197 Å². The zero-order valence-corrected chi connectivity index (χ0v) is 18.9. The number of nitrogens with one attached hydrogen (secondary N) is 1. The molecule has 3 aromatic carbocycles. The number of rotatable bonds is 7. The molecule has 1 saturated heterocycles. The van der Waals surface area contributed by atoms with Gasteiger partial charge in [-0.3, -0.25) is 14.9 Å². The molecular formula is C27H24N2O5. The maximum absolute atomic E-state index is 13.1. The van der Waals surface area contributed by atoms with Crippen LogP contribution in [0.15, 0.2) is 78.4 Å². The lowest BCUT2D eigenvalue weighted by Gasteiger charge is -2.26. The van der Waals surface area contributed by atoms with Crippen LogP contribution in [0.2, 0.25) is 0 Å². The quantitative estimate of drug-likeness (QED) is 0.414. The lowest BCUT2D eigenvalue weighted by Crippen LogP contribution is -2.54. The van der Waals surface area contributed by atoms with Crippen molar-refractivity contribution in [2.75, 3.05) is 11.5 Å². The van der Waals surface area contributed by atoms with Gasteiger partial charge in [0.1, 0.15) is 23.7 Å². The maximum atomic E-state index is 13.1. The molecule has 0 spiro atoms. The van der Waals surface area contributed by atoms with E-state index in [2.05, 4.69) is 5.32 Å². The Kier molecular flexibility index (Phi) is 6.73. The Morgan fingerprint density at radius 2 is 1.62 bits per heavy atom. The molecule has 0 aliphatic carbocycles. The molecule has 1 heterocycles. The molecular weight excluding hydrogens is 432 g/mol. The first-order valence-corrected chi connectivity index (χ1v) is 10.9. The summed E-state index contributed by atoms with van der Waals surface area (Å²) < 4.78 is 11.3. The molecule has 0 saturated carbocycles. The van der Waals surface area contributed by atoms with Crippen molar-refractivity contribution in [2.24, 2.45) is 0 Å². The van der Waals surface area contributed by atoms with Crippen molar-refractivity contribution in [1.29, 1.82) is 0 Å². The number of carbonyl (C=O) groups excluding carboxylic acids is 3. The molecule has 0 bridgehead atoms. The first kappa shape index (κ1) is 22.8. The molecule has 7 heteroatoms. The standard InChI is InChI=1S/C27H24N2O5/c1-3-33-22-13-11-21(12-14-22)29-26(31)24(25(30)28-27(29)32)16-20-5-4-6-23(15-20)34-17-19-9-7-18(2)8-10-19/h4-16H,3,17H2,1-2H3,(H,28,30,32)/b24-16-. The third-order valence-electron chi connectivity index (χ3n) is 5.20. The van der Waals surface area contributed by atoms with Gasteiger partial charge < -0.3 is 9.47 Å². The Balaban J connectivity index is 1.54. The largest absolute Gasteiger partial charge is 0.494 e. The number of benzene rings is 3. The molecule has 172 valence electrons. The van der Waals surface area contributed by atoms with Crippen LogP contribution in [0.3, 0.4) is 0 Å². The topological polar surface area (TPSA) is 84.9 Å². The van der Waals surface area contributed by atoms with E-state index in [9.17, 15) is 14.4 Å². The SMILES string of the molecule is CCOc1ccc(N2C(=O)NC(=O)/C(=C/c3cccc(OCc4ccc(C)cc4)c3)C2=O)cc1. The second kappa shape index (κ2) is 10.0. The third kappa shape index (κ3) is 5.15. The van der Waals surface area contributed by atoms with E-state index in [0.717, 1.165) is 10.5 Å². The van der Waals surface area contributed by atoms with Crippen molar-refractivity contribution in [1.82, 2.24) is 5.32 Å². The Morgan fingerprint density at radius 1 is 0.882 bits per heavy atom. The third-order valence-corrected chi connectivity index (χ3v) is 5.20. The van der Waals surface area contributed by atoms with Crippen molar-refractivity contribution in [2.45, 2.75) is 20.5 Å². The van der Waals surface area contributed by atoms with E-state index in [-0.39, 0.29) is 5.57 Å². The summed E-state index contributed by atoms with van der Waals surface area (Å²) in [6.45, 7) is 4.77.